The Labute approximate surface area is 152 Å². The predicted molar refractivity (Wildman–Crippen MR) is 94.0 cm³/mol. The van der Waals surface area contributed by atoms with Gasteiger partial charge in [-0.3, -0.25) is 19.3 Å². The third-order valence-electron chi connectivity index (χ3n) is 3.91. The summed E-state index contributed by atoms with van der Waals surface area (Å²) in [6, 6.07) is 7.03. The summed E-state index contributed by atoms with van der Waals surface area (Å²) < 4.78 is 15.5. The van der Waals surface area contributed by atoms with Crippen LogP contribution in [0.25, 0.3) is 0 Å². The molecule has 142 valence electrons. The van der Waals surface area contributed by atoms with Gasteiger partial charge in [0.1, 0.15) is 18.8 Å². The Morgan fingerprint density at radius 3 is 2.73 bits per heavy atom. The van der Waals surface area contributed by atoms with Crippen LogP contribution in [-0.4, -0.2) is 68.7 Å². The molecule has 8 nitrogen and oxygen atoms in total. The van der Waals surface area contributed by atoms with Crippen molar-refractivity contribution in [2.75, 3.05) is 44.9 Å². The summed E-state index contributed by atoms with van der Waals surface area (Å²) >= 11 is 0. The molecule has 0 spiro atoms. The Morgan fingerprint density at radius 1 is 1.31 bits per heavy atom. The van der Waals surface area contributed by atoms with E-state index in [2.05, 4.69) is 0 Å². The molecule has 0 saturated carbocycles. The molecular formula is C18H24N2O6. The van der Waals surface area contributed by atoms with Crippen molar-refractivity contribution < 1.29 is 28.6 Å². The molecule has 1 aromatic carbocycles. The third-order valence-corrected chi connectivity index (χ3v) is 3.91. The summed E-state index contributed by atoms with van der Waals surface area (Å²) in [5.41, 5.74) is 0.534. The van der Waals surface area contributed by atoms with Crippen molar-refractivity contribution in [3.8, 4) is 5.75 Å². The topological polar surface area (TPSA) is 85.4 Å². The zero-order valence-corrected chi connectivity index (χ0v) is 15.3. The van der Waals surface area contributed by atoms with E-state index in [0.29, 0.717) is 11.4 Å². The van der Waals surface area contributed by atoms with Crippen LogP contribution in [0, 0.1) is 0 Å². The number of ether oxygens (including phenoxy) is 3. The van der Waals surface area contributed by atoms with Gasteiger partial charge in [0.25, 0.3) is 5.91 Å². The molecule has 0 fully saturated rings. The number of esters is 1. The monoisotopic (exact) mass is 364 g/mol. The van der Waals surface area contributed by atoms with Gasteiger partial charge in [-0.2, -0.15) is 0 Å². The van der Waals surface area contributed by atoms with Crippen LogP contribution in [0.5, 0.6) is 5.75 Å². The lowest BCUT2D eigenvalue weighted by Gasteiger charge is -2.33. The first-order valence-electron chi connectivity index (χ1n) is 8.47. The first-order valence-corrected chi connectivity index (χ1v) is 8.47. The Hall–Kier alpha value is -2.61. The molecule has 0 N–H and O–H groups in total. The van der Waals surface area contributed by atoms with Crippen molar-refractivity contribution in [3.63, 3.8) is 0 Å². The van der Waals surface area contributed by atoms with Crippen LogP contribution >= 0.6 is 0 Å². The highest BCUT2D eigenvalue weighted by Gasteiger charge is 2.33. The minimum Gasteiger partial charge on any atom is -0.479 e. The van der Waals surface area contributed by atoms with Crippen LogP contribution < -0.4 is 9.64 Å². The maximum Gasteiger partial charge on any atom is 0.325 e. The fourth-order valence-corrected chi connectivity index (χ4v) is 2.61. The number of rotatable bonds is 8. The second kappa shape index (κ2) is 9.19. The molecule has 0 aromatic heterocycles. The summed E-state index contributed by atoms with van der Waals surface area (Å²) in [5.74, 6) is -0.632. The van der Waals surface area contributed by atoms with E-state index in [1.807, 2.05) is 0 Å². The van der Waals surface area contributed by atoms with Crippen LogP contribution in [-0.2, 0) is 23.9 Å². The first kappa shape index (κ1) is 19.7. The molecule has 1 heterocycles. The number of anilines is 1. The molecular weight excluding hydrogens is 340 g/mol. The molecule has 2 rings (SSSR count). The van der Waals surface area contributed by atoms with Crippen LogP contribution in [0.2, 0.25) is 0 Å². The number of para-hydroxylation sites is 2. The highest BCUT2D eigenvalue weighted by Crippen LogP contribution is 2.33. The Kier molecular flexibility index (Phi) is 6.97. The maximum absolute atomic E-state index is 12.7. The summed E-state index contributed by atoms with van der Waals surface area (Å²) in [7, 11) is 1.51. The number of carbonyl (C=O) groups is 3. The second-order valence-corrected chi connectivity index (χ2v) is 5.77. The van der Waals surface area contributed by atoms with E-state index >= 15 is 0 Å². The lowest BCUT2D eigenvalue weighted by Crippen LogP contribution is -2.50. The highest BCUT2D eigenvalue weighted by molar-refractivity contribution is 6.03. The first-order chi connectivity index (χ1) is 12.5. The lowest BCUT2D eigenvalue weighted by molar-refractivity contribution is -0.149. The number of hydrogen-bond acceptors (Lipinski definition) is 6. The minimum absolute atomic E-state index is 0.188. The number of hydrogen-bond donors (Lipinski definition) is 0. The van der Waals surface area contributed by atoms with Crippen LogP contribution in [0.15, 0.2) is 24.3 Å². The minimum atomic E-state index is -0.685. The summed E-state index contributed by atoms with van der Waals surface area (Å²) in [5, 5.41) is 0. The number of fused-ring (bicyclic) bond motifs is 1. The Bertz CT molecular complexity index is 663. The smallest absolute Gasteiger partial charge is 0.325 e. The Balaban J connectivity index is 2.16. The van der Waals surface area contributed by atoms with Gasteiger partial charge < -0.3 is 19.1 Å². The van der Waals surface area contributed by atoms with Gasteiger partial charge >= 0.3 is 5.97 Å². The van der Waals surface area contributed by atoms with Crippen molar-refractivity contribution in [3.05, 3.63) is 24.3 Å². The van der Waals surface area contributed by atoms with Crippen molar-refractivity contribution in [1.29, 1.82) is 0 Å². The van der Waals surface area contributed by atoms with Crippen molar-refractivity contribution in [2.45, 2.75) is 20.0 Å². The van der Waals surface area contributed by atoms with E-state index in [-0.39, 0.29) is 44.7 Å². The van der Waals surface area contributed by atoms with Crippen LogP contribution in [0.3, 0.4) is 0 Å². The van der Waals surface area contributed by atoms with Gasteiger partial charge in [-0.15, -0.1) is 0 Å². The van der Waals surface area contributed by atoms with E-state index in [0.717, 1.165) is 0 Å². The average molecular weight is 364 g/mol. The number of amides is 2. The molecule has 0 saturated heterocycles. The number of nitrogens with zero attached hydrogens (tertiary/aromatic N) is 2. The van der Waals surface area contributed by atoms with Crippen LogP contribution in [0.4, 0.5) is 5.69 Å². The predicted octanol–water partition coefficient (Wildman–Crippen LogP) is 0.839. The molecule has 8 heteroatoms. The normalized spacial score (nSPS) is 15.9. The largest absolute Gasteiger partial charge is 0.479 e. The molecule has 26 heavy (non-hydrogen) atoms. The van der Waals surface area contributed by atoms with Crippen molar-refractivity contribution in [2.24, 2.45) is 0 Å². The molecule has 0 unspecified atom stereocenters. The summed E-state index contributed by atoms with van der Waals surface area (Å²) in [6.45, 7) is 3.69. The van der Waals surface area contributed by atoms with Gasteiger partial charge in [-0.05, 0) is 26.0 Å². The van der Waals surface area contributed by atoms with E-state index in [1.54, 1.807) is 38.1 Å². The van der Waals surface area contributed by atoms with E-state index in [1.165, 1.54) is 16.9 Å². The van der Waals surface area contributed by atoms with Crippen molar-refractivity contribution >= 4 is 23.5 Å². The maximum atomic E-state index is 12.7. The van der Waals surface area contributed by atoms with Gasteiger partial charge in [0, 0.05) is 13.7 Å². The van der Waals surface area contributed by atoms with Gasteiger partial charge in [0.2, 0.25) is 5.91 Å². The van der Waals surface area contributed by atoms with Crippen molar-refractivity contribution in [1.82, 2.24) is 4.90 Å². The van der Waals surface area contributed by atoms with Gasteiger partial charge in [0.05, 0.1) is 18.9 Å². The number of methoxy groups -OCH3 is 1. The molecule has 1 aliphatic heterocycles. The number of carbonyl (C=O) groups excluding carboxylic acids is 3. The molecule has 0 bridgehead atoms. The molecule has 2 amide bonds. The SMILES string of the molecule is CCOC(=O)CN(CCOC)C(=O)CN1C(=O)[C@@H](C)Oc2ccccc21. The molecule has 1 atom stereocenters. The standard InChI is InChI=1S/C18H24N2O6/c1-4-25-17(22)12-19(9-10-24-3)16(21)11-20-14-7-5-6-8-15(14)26-13(2)18(20)23/h5-8,13H,4,9-12H2,1-3H3/t13-/m1/s1. The van der Waals surface area contributed by atoms with Gasteiger partial charge in [-0.1, -0.05) is 12.1 Å². The van der Waals surface area contributed by atoms with Gasteiger partial charge in [0.15, 0.2) is 6.10 Å². The zero-order chi connectivity index (χ0) is 19.1. The van der Waals surface area contributed by atoms with E-state index in [4.69, 9.17) is 14.2 Å². The number of benzene rings is 1. The molecule has 0 radical (unpaired) electrons. The summed E-state index contributed by atoms with van der Waals surface area (Å²) in [6.07, 6.45) is -0.685. The van der Waals surface area contributed by atoms with Crippen LogP contribution in [0.1, 0.15) is 13.8 Å². The quantitative estimate of drug-likeness (QED) is 0.636. The van der Waals surface area contributed by atoms with E-state index < -0.39 is 12.1 Å². The third kappa shape index (κ3) is 4.72. The van der Waals surface area contributed by atoms with E-state index in [9.17, 15) is 14.4 Å². The Morgan fingerprint density at radius 2 is 2.04 bits per heavy atom. The summed E-state index contributed by atoms with van der Waals surface area (Å²) in [4.78, 5) is 39.7. The highest BCUT2D eigenvalue weighted by atomic mass is 16.5. The fourth-order valence-electron chi connectivity index (χ4n) is 2.61. The molecule has 0 aliphatic carbocycles. The lowest BCUT2D eigenvalue weighted by atomic mass is 10.2. The molecule has 1 aliphatic rings. The average Bonchev–Trinajstić information content (AvgIpc) is 2.62. The van der Waals surface area contributed by atoms with Gasteiger partial charge in [-0.25, -0.2) is 0 Å². The second-order valence-electron chi connectivity index (χ2n) is 5.77. The zero-order valence-electron chi connectivity index (χ0n) is 15.3. The fraction of sp³-hybridized carbons (Fsp3) is 0.500. The molecule has 1 aromatic rings.